The van der Waals surface area contributed by atoms with Gasteiger partial charge in [0.1, 0.15) is 0 Å². The Labute approximate surface area is 124 Å². The molecule has 0 aliphatic heterocycles. The molecular weight excluding hydrogens is 262 g/mol. The number of hydrogen-bond acceptors (Lipinski definition) is 3. The maximum Gasteiger partial charge on any atom is 0.253 e. The molecule has 1 aliphatic carbocycles. The van der Waals surface area contributed by atoms with E-state index in [-0.39, 0.29) is 5.91 Å². The first-order chi connectivity index (χ1) is 10.2. The molecule has 1 fully saturated rings. The zero-order chi connectivity index (χ0) is 14.7. The number of carbonyl (C=O) groups excluding carboxylic acids is 1. The number of hydrogen-bond donors (Lipinski definition) is 1. The van der Waals surface area contributed by atoms with Gasteiger partial charge in [-0.2, -0.15) is 0 Å². The van der Waals surface area contributed by atoms with E-state index in [9.17, 15) is 4.79 Å². The average Bonchev–Trinajstić information content (AvgIpc) is 3.32. The highest BCUT2D eigenvalue weighted by Crippen LogP contribution is 2.20. The first-order valence-corrected chi connectivity index (χ1v) is 7.23. The molecular formula is C17H19N3O. The summed E-state index contributed by atoms with van der Waals surface area (Å²) in [4.78, 5) is 18.3. The molecule has 1 saturated carbocycles. The lowest BCUT2D eigenvalue weighted by Crippen LogP contribution is -2.26. The Morgan fingerprint density at radius 1 is 1.29 bits per heavy atom. The van der Waals surface area contributed by atoms with Crippen molar-refractivity contribution in [2.75, 3.05) is 11.9 Å². The van der Waals surface area contributed by atoms with Gasteiger partial charge in [-0.3, -0.25) is 9.78 Å². The normalized spacial score (nSPS) is 13.8. The van der Waals surface area contributed by atoms with Crippen LogP contribution in [0.2, 0.25) is 0 Å². The van der Waals surface area contributed by atoms with Crippen LogP contribution >= 0.6 is 0 Å². The molecule has 4 heteroatoms. The number of rotatable bonds is 5. The van der Waals surface area contributed by atoms with E-state index in [0.717, 1.165) is 25.1 Å². The van der Waals surface area contributed by atoms with Gasteiger partial charge in [-0.1, -0.05) is 30.3 Å². The van der Waals surface area contributed by atoms with Crippen LogP contribution in [0.5, 0.6) is 0 Å². The summed E-state index contributed by atoms with van der Waals surface area (Å²) in [7, 11) is 2.01. The third-order valence-corrected chi connectivity index (χ3v) is 3.60. The smallest absolute Gasteiger partial charge is 0.253 e. The van der Waals surface area contributed by atoms with Crippen molar-refractivity contribution in [2.24, 2.45) is 0 Å². The molecule has 1 aliphatic rings. The van der Waals surface area contributed by atoms with E-state index in [1.165, 1.54) is 5.56 Å². The standard InChI is InChI=1S/C17H19N3O/c1-20(12-13-5-3-2-4-6-13)16-9-14(10-18-11-16)17(21)19-15-7-8-15/h2-6,9-11,15H,7-8,12H2,1H3,(H,19,21). The molecule has 3 rings (SSSR count). The third-order valence-electron chi connectivity index (χ3n) is 3.60. The lowest BCUT2D eigenvalue weighted by Gasteiger charge is -2.19. The zero-order valence-electron chi connectivity index (χ0n) is 12.1. The number of anilines is 1. The fourth-order valence-electron chi connectivity index (χ4n) is 2.21. The van der Waals surface area contributed by atoms with Crippen molar-refractivity contribution < 1.29 is 4.79 Å². The van der Waals surface area contributed by atoms with E-state index < -0.39 is 0 Å². The molecule has 0 radical (unpaired) electrons. The van der Waals surface area contributed by atoms with Gasteiger partial charge in [-0.05, 0) is 24.5 Å². The number of carbonyl (C=O) groups is 1. The highest BCUT2D eigenvalue weighted by Gasteiger charge is 2.24. The predicted octanol–water partition coefficient (Wildman–Crippen LogP) is 2.61. The number of aromatic nitrogens is 1. The van der Waals surface area contributed by atoms with E-state index in [1.807, 2.05) is 31.3 Å². The monoisotopic (exact) mass is 281 g/mol. The molecule has 2 aromatic rings. The van der Waals surface area contributed by atoms with Crippen molar-refractivity contribution in [3.8, 4) is 0 Å². The molecule has 21 heavy (non-hydrogen) atoms. The molecule has 1 heterocycles. The van der Waals surface area contributed by atoms with E-state index in [4.69, 9.17) is 0 Å². The van der Waals surface area contributed by atoms with Crippen LogP contribution in [0.25, 0.3) is 0 Å². The second-order valence-corrected chi connectivity index (χ2v) is 5.52. The minimum atomic E-state index is -0.0278. The zero-order valence-corrected chi connectivity index (χ0v) is 12.1. The van der Waals surface area contributed by atoms with Gasteiger partial charge in [0, 0.05) is 25.8 Å². The Bertz CT molecular complexity index is 623. The number of amides is 1. The van der Waals surface area contributed by atoms with E-state index in [1.54, 1.807) is 12.4 Å². The van der Waals surface area contributed by atoms with Crippen molar-refractivity contribution in [1.82, 2.24) is 10.3 Å². The van der Waals surface area contributed by atoms with Crippen molar-refractivity contribution in [3.05, 3.63) is 59.9 Å². The van der Waals surface area contributed by atoms with Gasteiger partial charge in [0.25, 0.3) is 5.91 Å². The molecule has 1 aromatic heterocycles. The predicted molar refractivity (Wildman–Crippen MR) is 83.3 cm³/mol. The summed E-state index contributed by atoms with van der Waals surface area (Å²) in [6, 6.07) is 12.5. The molecule has 0 bridgehead atoms. The quantitative estimate of drug-likeness (QED) is 0.916. The Kier molecular flexibility index (Phi) is 3.86. The van der Waals surface area contributed by atoms with E-state index in [2.05, 4.69) is 27.3 Å². The summed E-state index contributed by atoms with van der Waals surface area (Å²) < 4.78 is 0. The minimum absolute atomic E-state index is 0.0278. The van der Waals surface area contributed by atoms with Crippen LogP contribution in [0, 0.1) is 0 Å². The van der Waals surface area contributed by atoms with Crippen LogP contribution in [0.1, 0.15) is 28.8 Å². The van der Waals surface area contributed by atoms with E-state index >= 15 is 0 Å². The maximum absolute atomic E-state index is 12.1. The molecule has 0 atom stereocenters. The van der Waals surface area contributed by atoms with E-state index in [0.29, 0.717) is 11.6 Å². The van der Waals surface area contributed by atoms with Crippen LogP contribution < -0.4 is 10.2 Å². The Morgan fingerprint density at radius 3 is 2.76 bits per heavy atom. The summed E-state index contributed by atoms with van der Waals surface area (Å²) in [5.41, 5.74) is 2.80. The summed E-state index contributed by atoms with van der Waals surface area (Å²) in [5, 5.41) is 2.99. The van der Waals surface area contributed by atoms with Gasteiger partial charge >= 0.3 is 0 Å². The number of benzene rings is 1. The SMILES string of the molecule is CN(Cc1ccccc1)c1cncc(C(=O)NC2CC2)c1. The van der Waals surface area contributed by atoms with Gasteiger partial charge in [0.15, 0.2) is 0 Å². The highest BCUT2D eigenvalue weighted by molar-refractivity contribution is 5.95. The summed E-state index contributed by atoms with van der Waals surface area (Å²) in [6.07, 6.45) is 5.59. The van der Waals surface area contributed by atoms with Crippen LogP contribution in [-0.2, 0) is 6.54 Å². The van der Waals surface area contributed by atoms with Gasteiger partial charge in [-0.15, -0.1) is 0 Å². The van der Waals surface area contributed by atoms with Crippen LogP contribution in [0.3, 0.4) is 0 Å². The molecule has 1 N–H and O–H groups in total. The van der Waals surface area contributed by atoms with Gasteiger partial charge in [-0.25, -0.2) is 0 Å². The van der Waals surface area contributed by atoms with Crippen LogP contribution in [0.4, 0.5) is 5.69 Å². The molecule has 108 valence electrons. The largest absolute Gasteiger partial charge is 0.369 e. The molecule has 0 unspecified atom stereocenters. The third kappa shape index (κ3) is 3.60. The second kappa shape index (κ2) is 5.95. The maximum atomic E-state index is 12.1. The lowest BCUT2D eigenvalue weighted by atomic mass is 10.2. The Morgan fingerprint density at radius 2 is 2.05 bits per heavy atom. The first kappa shape index (κ1) is 13.6. The Hall–Kier alpha value is -2.36. The van der Waals surface area contributed by atoms with Crippen molar-refractivity contribution in [1.29, 1.82) is 0 Å². The van der Waals surface area contributed by atoms with Crippen molar-refractivity contribution in [2.45, 2.75) is 25.4 Å². The minimum Gasteiger partial charge on any atom is -0.369 e. The molecule has 1 amide bonds. The van der Waals surface area contributed by atoms with Gasteiger partial charge < -0.3 is 10.2 Å². The topological polar surface area (TPSA) is 45.2 Å². The lowest BCUT2D eigenvalue weighted by molar-refractivity contribution is 0.0950. The summed E-state index contributed by atoms with van der Waals surface area (Å²) in [6.45, 7) is 0.788. The van der Waals surface area contributed by atoms with Crippen molar-refractivity contribution in [3.63, 3.8) is 0 Å². The van der Waals surface area contributed by atoms with Crippen LogP contribution in [0.15, 0.2) is 48.8 Å². The molecule has 0 spiro atoms. The molecule has 1 aromatic carbocycles. The summed E-state index contributed by atoms with van der Waals surface area (Å²) in [5.74, 6) is -0.0278. The first-order valence-electron chi connectivity index (χ1n) is 7.23. The second-order valence-electron chi connectivity index (χ2n) is 5.52. The fraction of sp³-hybridized carbons (Fsp3) is 0.294. The average molecular weight is 281 g/mol. The van der Waals surface area contributed by atoms with Crippen LogP contribution in [-0.4, -0.2) is 24.0 Å². The molecule has 4 nitrogen and oxygen atoms in total. The molecule has 0 saturated heterocycles. The number of nitrogens with zero attached hydrogens (tertiary/aromatic N) is 2. The fourth-order valence-corrected chi connectivity index (χ4v) is 2.21. The highest BCUT2D eigenvalue weighted by atomic mass is 16.1. The number of pyridine rings is 1. The van der Waals surface area contributed by atoms with Crippen molar-refractivity contribution >= 4 is 11.6 Å². The number of nitrogens with one attached hydrogen (secondary N) is 1. The van der Waals surface area contributed by atoms with Gasteiger partial charge in [0.2, 0.25) is 0 Å². The summed E-state index contributed by atoms with van der Waals surface area (Å²) >= 11 is 0. The Balaban J connectivity index is 1.70. The van der Waals surface area contributed by atoms with Gasteiger partial charge in [0.05, 0.1) is 17.4 Å².